The summed E-state index contributed by atoms with van der Waals surface area (Å²) in [7, 11) is 1.64. The number of hydrogen-bond donors (Lipinski definition) is 0. The van der Waals surface area contributed by atoms with Crippen LogP contribution < -0.4 is 4.74 Å². The van der Waals surface area contributed by atoms with Crippen LogP contribution in [-0.2, 0) is 0 Å². The fourth-order valence-corrected chi connectivity index (χ4v) is 3.04. The molecule has 0 N–H and O–H groups in total. The van der Waals surface area contributed by atoms with Crippen LogP contribution >= 0.6 is 0 Å². The summed E-state index contributed by atoms with van der Waals surface area (Å²) in [6.45, 7) is 0.759. The van der Waals surface area contributed by atoms with E-state index in [0.717, 1.165) is 30.7 Å². The minimum Gasteiger partial charge on any atom is -0.497 e. The Balaban J connectivity index is 1.82. The van der Waals surface area contributed by atoms with E-state index in [4.69, 9.17) is 10.00 Å². The number of amides is 1. The third-order valence-electron chi connectivity index (χ3n) is 4.28. The van der Waals surface area contributed by atoms with Crippen molar-refractivity contribution in [2.45, 2.75) is 18.9 Å². The van der Waals surface area contributed by atoms with Crippen molar-refractivity contribution in [2.24, 2.45) is 0 Å². The summed E-state index contributed by atoms with van der Waals surface area (Å²) in [4.78, 5) is 14.7. The van der Waals surface area contributed by atoms with Gasteiger partial charge in [0.15, 0.2) is 0 Å². The first-order chi connectivity index (χ1) is 11.2. The van der Waals surface area contributed by atoms with E-state index in [1.165, 1.54) is 0 Å². The highest BCUT2D eigenvalue weighted by atomic mass is 16.5. The first-order valence-corrected chi connectivity index (χ1v) is 7.68. The molecule has 0 bridgehead atoms. The molecule has 0 aromatic heterocycles. The van der Waals surface area contributed by atoms with Crippen molar-refractivity contribution >= 4 is 5.91 Å². The van der Waals surface area contributed by atoms with Gasteiger partial charge < -0.3 is 9.64 Å². The Morgan fingerprint density at radius 2 is 1.87 bits per heavy atom. The van der Waals surface area contributed by atoms with Gasteiger partial charge in [-0.2, -0.15) is 5.26 Å². The number of ether oxygens (including phenoxy) is 1. The van der Waals surface area contributed by atoms with E-state index in [2.05, 4.69) is 6.07 Å². The number of benzene rings is 2. The monoisotopic (exact) mass is 306 g/mol. The lowest BCUT2D eigenvalue weighted by atomic mass is 10.0. The fraction of sp³-hybridized carbons (Fsp3) is 0.263. The zero-order valence-electron chi connectivity index (χ0n) is 13.0. The Morgan fingerprint density at radius 1 is 1.17 bits per heavy atom. The number of likely N-dealkylation sites (tertiary alicyclic amines) is 1. The van der Waals surface area contributed by atoms with Crippen molar-refractivity contribution in [1.29, 1.82) is 5.26 Å². The quantitative estimate of drug-likeness (QED) is 0.871. The van der Waals surface area contributed by atoms with E-state index in [-0.39, 0.29) is 11.9 Å². The second kappa shape index (κ2) is 6.53. The number of nitrogens with zero attached hydrogens (tertiary/aromatic N) is 2. The van der Waals surface area contributed by atoms with Crippen molar-refractivity contribution in [2.75, 3.05) is 13.7 Å². The number of hydrogen-bond acceptors (Lipinski definition) is 3. The Hall–Kier alpha value is -2.80. The predicted molar refractivity (Wildman–Crippen MR) is 87.2 cm³/mol. The zero-order valence-corrected chi connectivity index (χ0v) is 13.0. The van der Waals surface area contributed by atoms with E-state index in [0.29, 0.717) is 11.1 Å². The molecule has 0 aliphatic carbocycles. The van der Waals surface area contributed by atoms with E-state index in [1.54, 1.807) is 31.4 Å². The Morgan fingerprint density at radius 3 is 2.48 bits per heavy atom. The van der Waals surface area contributed by atoms with Crippen LogP contribution in [0.15, 0.2) is 48.5 Å². The topological polar surface area (TPSA) is 53.3 Å². The normalized spacial score (nSPS) is 16.9. The van der Waals surface area contributed by atoms with Crippen molar-refractivity contribution in [1.82, 2.24) is 4.90 Å². The highest BCUT2D eigenvalue weighted by molar-refractivity contribution is 5.94. The van der Waals surface area contributed by atoms with Crippen LogP contribution in [0.1, 0.15) is 40.4 Å². The van der Waals surface area contributed by atoms with E-state index >= 15 is 0 Å². The van der Waals surface area contributed by atoms with Crippen molar-refractivity contribution < 1.29 is 9.53 Å². The lowest BCUT2D eigenvalue weighted by molar-refractivity contribution is 0.0735. The Labute approximate surface area is 135 Å². The number of carbonyl (C=O) groups is 1. The fourth-order valence-electron chi connectivity index (χ4n) is 3.04. The number of nitriles is 1. The van der Waals surface area contributed by atoms with Crippen LogP contribution in [0, 0.1) is 11.3 Å². The number of methoxy groups -OCH3 is 1. The molecule has 0 unspecified atom stereocenters. The molecule has 1 amide bonds. The molecule has 116 valence electrons. The summed E-state index contributed by atoms with van der Waals surface area (Å²) < 4.78 is 5.19. The summed E-state index contributed by atoms with van der Waals surface area (Å²) in [5, 5.41) is 8.86. The first kappa shape index (κ1) is 15.1. The van der Waals surface area contributed by atoms with Gasteiger partial charge in [0.05, 0.1) is 24.8 Å². The van der Waals surface area contributed by atoms with Gasteiger partial charge in [0.25, 0.3) is 5.91 Å². The highest BCUT2D eigenvalue weighted by Gasteiger charge is 2.30. The van der Waals surface area contributed by atoms with Crippen LogP contribution in [0.25, 0.3) is 0 Å². The van der Waals surface area contributed by atoms with Crippen LogP contribution in [-0.4, -0.2) is 24.5 Å². The average Bonchev–Trinajstić information content (AvgIpc) is 3.11. The molecule has 0 saturated carbocycles. The molecule has 1 aliphatic rings. The molecule has 1 aliphatic heterocycles. The van der Waals surface area contributed by atoms with Crippen LogP contribution in [0.2, 0.25) is 0 Å². The Kier molecular flexibility index (Phi) is 4.29. The molecular formula is C19H18N2O2. The maximum Gasteiger partial charge on any atom is 0.254 e. The van der Waals surface area contributed by atoms with Crippen molar-refractivity contribution in [3.8, 4) is 11.8 Å². The van der Waals surface area contributed by atoms with Gasteiger partial charge in [-0.3, -0.25) is 4.79 Å². The minimum absolute atomic E-state index is 0.0211. The Bertz CT molecular complexity index is 729. The summed E-state index contributed by atoms with van der Waals surface area (Å²) in [6.07, 6.45) is 1.97. The molecule has 1 atom stereocenters. The third-order valence-corrected chi connectivity index (χ3v) is 4.28. The average molecular weight is 306 g/mol. The molecule has 4 nitrogen and oxygen atoms in total. The van der Waals surface area contributed by atoms with Gasteiger partial charge in [0, 0.05) is 12.1 Å². The molecule has 3 rings (SSSR count). The van der Waals surface area contributed by atoms with E-state index in [1.807, 2.05) is 29.2 Å². The van der Waals surface area contributed by atoms with Crippen LogP contribution in [0.4, 0.5) is 0 Å². The van der Waals surface area contributed by atoms with Crippen molar-refractivity contribution in [3.05, 3.63) is 65.2 Å². The van der Waals surface area contributed by atoms with Crippen LogP contribution in [0.3, 0.4) is 0 Å². The molecule has 2 aromatic carbocycles. The second-order valence-electron chi connectivity index (χ2n) is 5.62. The molecule has 1 saturated heterocycles. The summed E-state index contributed by atoms with van der Waals surface area (Å²) >= 11 is 0. The van der Waals surface area contributed by atoms with Gasteiger partial charge in [0.1, 0.15) is 5.75 Å². The minimum atomic E-state index is 0.0211. The number of carbonyl (C=O) groups excluding carboxylic acids is 1. The predicted octanol–water partition coefficient (Wildman–Crippen LogP) is 3.54. The third kappa shape index (κ3) is 3.04. The molecule has 1 heterocycles. The molecule has 2 aromatic rings. The molecular weight excluding hydrogens is 288 g/mol. The van der Waals surface area contributed by atoms with Gasteiger partial charge in [-0.25, -0.2) is 0 Å². The summed E-state index contributed by atoms with van der Waals surface area (Å²) in [5.74, 6) is 0.838. The molecule has 0 spiro atoms. The molecule has 0 radical (unpaired) electrons. The first-order valence-electron chi connectivity index (χ1n) is 7.68. The lowest BCUT2D eigenvalue weighted by Crippen LogP contribution is -2.30. The van der Waals surface area contributed by atoms with Gasteiger partial charge in [-0.05, 0) is 54.8 Å². The largest absolute Gasteiger partial charge is 0.497 e. The molecule has 23 heavy (non-hydrogen) atoms. The second-order valence-corrected chi connectivity index (χ2v) is 5.62. The smallest absolute Gasteiger partial charge is 0.254 e. The molecule has 1 fully saturated rings. The lowest BCUT2D eigenvalue weighted by Gasteiger charge is -2.25. The molecule has 4 heteroatoms. The van der Waals surface area contributed by atoms with Gasteiger partial charge in [0.2, 0.25) is 0 Å². The summed E-state index contributed by atoms with van der Waals surface area (Å²) in [5.41, 5.74) is 2.32. The summed E-state index contributed by atoms with van der Waals surface area (Å²) in [6, 6.07) is 16.9. The van der Waals surface area contributed by atoms with Crippen molar-refractivity contribution in [3.63, 3.8) is 0 Å². The van der Waals surface area contributed by atoms with E-state index in [9.17, 15) is 4.79 Å². The SMILES string of the molecule is COc1ccc([C@@H]2CCCN2C(=O)c2ccc(C#N)cc2)cc1. The van der Waals surface area contributed by atoms with E-state index < -0.39 is 0 Å². The van der Waals surface area contributed by atoms with Gasteiger partial charge in [-0.15, -0.1) is 0 Å². The zero-order chi connectivity index (χ0) is 16.2. The van der Waals surface area contributed by atoms with Crippen LogP contribution in [0.5, 0.6) is 5.75 Å². The standard InChI is InChI=1S/C19H18N2O2/c1-23-17-10-8-15(9-11-17)18-3-2-12-21(18)19(22)16-6-4-14(13-20)5-7-16/h4-11,18H,2-3,12H2,1H3/t18-/m0/s1. The number of rotatable bonds is 3. The highest BCUT2D eigenvalue weighted by Crippen LogP contribution is 2.33. The maximum absolute atomic E-state index is 12.8. The van der Waals surface area contributed by atoms with Gasteiger partial charge >= 0.3 is 0 Å². The maximum atomic E-state index is 12.8. The van der Waals surface area contributed by atoms with Gasteiger partial charge in [-0.1, -0.05) is 12.1 Å².